The highest BCUT2D eigenvalue weighted by molar-refractivity contribution is 5.76. The summed E-state index contributed by atoms with van der Waals surface area (Å²) in [6.45, 7) is 3.78. The molecule has 2 nitrogen and oxygen atoms in total. The number of carbonyl (C=O) groups excluding carboxylic acids is 1. The van der Waals surface area contributed by atoms with E-state index >= 15 is 0 Å². The molecule has 1 aliphatic carbocycles. The Kier molecular flexibility index (Phi) is 2.76. The number of likely N-dealkylation sites (tertiary alicyclic amines) is 1. The summed E-state index contributed by atoms with van der Waals surface area (Å²) in [6.07, 6.45) is 11.4. The molecule has 1 atom stereocenters. The topological polar surface area (TPSA) is 20.3 Å². The fraction of sp³-hybridized carbons (Fsp3) is 0.462. The van der Waals surface area contributed by atoms with Crippen molar-refractivity contribution >= 4 is 5.91 Å². The lowest BCUT2D eigenvalue weighted by Gasteiger charge is -2.27. The van der Waals surface area contributed by atoms with E-state index in [1.807, 2.05) is 11.0 Å². The van der Waals surface area contributed by atoms with Crippen molar-refractivity contribution in [2.24, 2.45) is 0 Å². The van der Waals surface area contributed by atoms with Crippen LogP contribution in [0.1, 0.15) is 33.1 Å². The maximum atomic E-state index is 11.6. The lowest BCUT2D eigenvalue weighted by molar-refractivity contribution is -0.128. The van der Waals surface area contributed by atoms with Gasteiger partial charge in [-0.25, -0.2) is 0 Å². The molecule has 1 unspecified atom stereocenters. The number of hydrogen-bond acceptors (Lipinski definition) is 1. The van der Waals surface area contributed by atoms with Gasteiger partial charge in [0.05, 0.1) is 0 Å². The molecule has 80 valence electrons. The lowest BCUT2D eigenvalue weighted by atomic mass is 10.1. The number of carbonyl (C=O) groups is 1. The SMILES string of the molecule is CC(=O)N1C2=CC=CC=C(CCC1C)C2. The number of fused-ring (bicyclic) bond motifs is 2. The molecule has 0 aromatic rings. The van der Waals surface area contributed by atoms with Crippen LogP contribution in [0.4, 0.5) is 0 Å². The van der Waals surface area contributed by atoms with Crippen LogP contribution in [0.5, 0.6) is 0 Å². The second-order valence-corrected chi connectivity index (χ2v) is 4.32. The molecule has 1 amide bonds. The normalized spacial score (nSPS) is 25.2. The van der Waals surface area contributed by atoms with E-state index in [9.17, 15) is 4.79 Å². The van der Waals surface area contributed by atoms with Gasteiger partial charge in [0.2, 0.25) is 5.91 Å². The van der Waals surface area contributed by atoms with Crippen molar-refractivity contribution < 1.29 is 4.79 Å². The Morgan fingerprint density at radius 1 is 1.40 bits per heavy atom. The van der Waals surface area contributed by atoms with E-state index in [4.69, 9.17) is 0 Å². The van der Waals surface area contributed by atoms with Gasteiger partial charge in [0.1, 0.15) is 0 Å². The van der Waals surface area contributed by atoms with Gasteiger partial charge in [-0.1, -0.05) is 23.8 Å². The number of allylic oxidation sites excluding steroid dienone is 5. The number of nitrogens with zero attached hydrogens (tertiary/aromatic N) is 1. The average Bonchev–Trinajstić information content (AvgIpc) is 2.48. The monoisotopic (exact) mass is 203 g/mol. The summed E-state index contributed by atoms with van der Waals surface area (Å²) >= 11 is 0. The maximum Gasteiger partial charge on any atom is 0.223 e. The first-order chi connectivity index (χ1) is 7.18. The highest BCUT2D eigenvalue weighted by atomic mass is 16.2. The fourth-order valence-corrected chi connectivity index (χ4v) is 2.37. The molecule has 0 saturated carbocycles. The van der Waals surface area contributed by atoms with Crippen molar-refractivity contribution in [3.8, 4) is 0 Å². The van der Waals surface area contributed by atoms with Crippen LogP contribution in [0.3, 0.4) is 0 Å². The van der Waals surface area contributed by atoms with Crippen LogP contribution in [0.15, 0.2) is 35.6 Å². The summed E-state index contributed by atoms with van der Waals surface area (Å²) in [5.41, 5.74) is 2.58. The summed E-state index contributed by atoms with van der Waals surface area (Å²) in [5, 5.41) is 0. The quantitative estimate of drug-likeness (QED) is 0.593. The Labute approximate surface area is 91.0 Å². The van der Waals surface area contributed by atoms with Gasteiger partial charge in [-0.15, -0.1) is 0 Å². The molecule has 2 heteroatoms. The van der Waals surface area contributed by atoms with Crippen LogP contribution >= 0.6 is 0 Å². The minimum Gasteiger partial charge on any atom is -0.313 e. The molecular weight excluding hydrogens is 186 g/mol. The molecule has 1 saturated heterocycles. The zero-order valence-electron chi connectivity index (χ0n) is 9.36. The van der Waals surface area contributed by atoms with Crippen LogP contribution in [0, 0.1) is 0 Å². The van der Waals surface area contributed by atoms with Crippen molar-refractivity contribution in [1.82, 2.24) is 4.90 Å². The zero-order chi connectivity index (χ0) is 10.8. The number of amides is 1. The smallest absolute Gasteiger partial charge is 0.223 e. The first kappa shape index (κ1) is 10.2. The average molecular weight is 203 g/mol. The Morgan fingerprint density at radius 2 is 2.13 bits per heavy atom. The summed E-state index contributed by atoms with van der Waals surface area (Å²) < 4.78 is 0. The summed E-state index contributed by atoms with van der Waals surface area (Å²) in [4.78, 5) is 13.6. The minimum atomic E-state index is 0.158. The van der Waals surface area contributed by atoms with Crippen LogP contribution in [0.2, 0.25) is 0 Å². The molecule has 1 aliphatic heterocycles. The predicted octanol–water partition coefficient (Wildman–Crippen LogP) is 2.79. The van der Waals surface area contributed by atoms with E-state index in [0.717, 1.165) is 25.0 Å². The van der Waals surface area contributed by atoms with Crippen LogP contribution in [-0.4, -0.2) is 16.8 Å². The van der Waals surface area contributed by atoms with Gasteiger partial charge in [-0.3, -0.25) is 4.79 Å². The minimum absolute atomic E-state index is 0.158. The van der Waals surface area contributed by atoms with Crippen molar-refractivity contribution in [2.75, 3.05) is 0 Å². The number of rotatable bonds is 0. The highest BCUT2D eigenvalue weighted by Gasteiger charge is 2.25. The van der Waals surface area contributed by atoms with Gasteiger partial charge in [0.25, 0.3) is 0 Å². The molecule has 1 heterocycles. The van der Waals surface area contributed by atoms with E-state index in [1.54, 1.807) is 6.92 Å². The molecule has 15 heavy (non-hydrogen) atoms. The Hall–Kier alpha value is -1.31. The van der Waals surface area contributed by atoms with Gasteiger partial charge in [-0.2, -0.15) is 0 Å². The summed E-state index contributed by atoms with van der Waals surface area (Å²) in [5.74, 6) is 0.158. The summed E-state index contributed by atoms with van der Waals surface area (Å²) in [6, 6.07) is 0.325. The molecule has 0 spiro atoms. The second-order valence-electron chi connectivity index (χ2n) is 4.32. The molecule has 0 aromatic heterocycles. The molecule has 1 fully saturated rings. The third-order valence-electron chi connectivity index (χ3n) is 3.11. The van der Waals surface area contributed by atoms with Crippen LogP contribution < -0.4 is 0 Å². The van der Waals surface area contributed by atoms with Crippen molar-refractivity contribution in [3.05, 3.63) is 35.6 Å². The maximum absolute atomic E-state index is 11.6. The standard InChI is InChI=1S/C13H17NO/c1-10-7-8-12-5-3-4-6-13(9-12)14(10)11(2)15/h3-6,10H,7-9H2,1-2H3. The molecule has 0 radical (unpaired) electrons. The van der Waals surface area contributed by atoms with Crippen molar-refractivity contribution in [3.63, 3.8) is 0 Å². The molecule has 2 bridgehead atoms. The number of hydrogen-bond donors (Lipinski definition) is 0. The van der Waals surface area contributed by atoms with E-state index in [-0.39, 0.29) is 5.91 Å². The van der Waals surface area contributed by atoms with Gasteiger partial charge >= 0.3 is 0 Å². The lowest BCUT2D eigenvalue weighted by Crippen LogP contribution is -2.35. The van der Waals surface area contributed by atoms with Crippen molar-refractivity contribution in [2.45, 2.75) is 39.2 Å². The van der Waals surface area contributed by atoms with Crippen LogP contribution in [0.25, 0.3) is 0 Å². The molecule has 0 aromatic carbocycles. The third-order valence-corrected chi connectivity index (χ3v) is 3.11. The van der Waals surface area contributed by atoms with E-state index in [2.05, 4.69) is 25.2 Å². The molecule has 2 aliphatic rings. The molecular formula is C13H17NO. The first-order valence-corrected chi connectivity index (χ1v) is 5.53. The van der Waals surface area contributed by atoms with Crippen molar-refractivity contribution in [1.29, 1.82) is 0 Å². The second kappa shape index (κ2) is 4.05. The highest BCUT2D eigenvalue weighted by Crippen LogP contribution is 2.29. The van der Waals surface area contributed by atoms with Gasteiger partial charge in [-0.05, 0) is 25.8 Å². The van der Waals surface area contributed by atoms with Gasteiger partial charge in [0.15, 0.2) is 0 Å². The van der Waals surface area contributed by atoms with E-state index < -0.39 is 0 Å². The molecule has 0 N–H and O–H groups in total. The Balaban J connectivity index is 2.38. The molecule has 2 rings (SSSR count). The third kappa shape index (κ3) is 2.04. The predicted molar refractivity (Wildman–Crippen MR) is 61.1 cm³/mol. The fourth-order valence-electron chi connectivity index (χ4n) is 2.37. The largest absolute Gasteiger partial charge is 0.313 e. The van der Waals surface area contributed by atoms with Gasteiger partial charge in [0, 0.05) is 25.1 Å². The van der Waals surface area contributed by atoms with E-state index in [0.29, 0.717) is 6.04 Å². The summed E-state index contributed by atoms with van der Waals surface area (Å²) in [7, 11) is 0. The van der Waals surface area contributed by atoms with E-state index in [1.165, 1.54) is 5.57 Å². The van der Waals surface area contributed by atoms with Crippen LogP contribution in [-0.2, 0) is 4.79 Å². The van der Waals surface area contributed by atoms with Gasteiger partial charge < -0.3 is 4.90 Å². The Bertz CT molecular complexity index is 363. The zero-order valence-corrected chi connectivity index (χ0v) is 9.36. The Morgan fingerprint density at radius 3 is 2.87 bits per heavy atom. The first-order valence-electron chi connectivity index (χ1n) is 5.53.